The van der Waals surface area contributed by atoms with Gasteiger partial charge in [-0.05, 0) is 16.5 Å². The second-order valence-electron chi connectivity index (χ2n) is 5.96. The van der Waals surface area contributed by atoms with Crippen molar-refractivity contribution in [3.05, 3.63) is 35.4 Å². The summed E-state index contributed by atoms with van der Waals surface area (Å²) in [6.45, 7) is 6.02. The largest absolute Gasteiger partial charge is 0.317 e. The molecule has 0 aromatic heterocycles. The molecule has 18 heavy (non-hydrogen) atoms. The Kier molecular flexibility index (Phi) is 2.76. The van der Waals surface area contributed by atoms with Crippen LogP contribution in [0, 0.1) is 0 Å². The molecular formula is C14H16F4. The molecule has 1 saturated carbocycles. The summed E-state index contributed by atoms with van der Waals surface area (Å²) in [6, 6.07) is 6.55. The van der Waals surface area contributed by atoms with Crippen molar-refractivity contribution in [2.24, 2.45) is 0 Å². The maximum Gasteiger partial charge on any atom is 0.317 e. The Morgan fingerprint density at radius 2 is 1.50 bits per heavy atom. The lowest BCUT2D eigenvalue weighted by molar-refractivity contribution is -0.290. The van der Waals surface area contributed by atoms with Gasteiger partial charge >= 0.3 is 11.8 Å². The molecule has 0 unspecified atom stereocenters. The zero-order valence-electron chi connectivity index (χ0n) is 10.6. The van der Waals surface area contributed by atoms with Gasteiger partial charge in [0.25, 0.3) is 0 Å². The lowest BCUT2D eigenvalue weighted by atomic mass is 9.72. The van der Waals surface area contributed by atoms with Crippen molar-refractivity contribution in [1.82, 2.24) is 0 Å². The first-order valence-corrected chi connectivity index (χ1v) is 5.92. The highest BCUT2D eigenvalue weighted by Gasteiger charge is 2.71. The molecule has 0 amide bonds. The van der Waals surface area contributed by atoms with E-state index >= 15 is 0 Å². The van der Waals surface area contributed by atoms with Crippen molar-refractivity contribution in [3.8, 4) is 0 Å². The van der Waals surface area contributed by atoms with E-state index in [2.05, 4.69) is 0 Å². The van der Waals surface area contributed by atoms with Crippen LogP contribution >= 0.6 is 0 Å². The highest BCUT2D eigenvalue weighted by Crippen LogP contribution is 2.59. The molecule has 1 atom stereocenters. The molecule has 0 saturated heterocycles. The Balaban J connectivity index is 2.23. The quantitative estimate of drug-likeness (QED) is 0.640. The van der Waals surface area contributed by atoms with Crippen LogP contribution in [0.25, 0.3) is 0 Å². The number of alkyl halides is 4. The maximum absolute atomic E-state index is 13.3. The van der Waals surface area contributed by atoms with E-state index < -0.39 is 24.2 Å². The van der Waals surface area contributed by atoms with Gasteiger partial charge in [0.05, 0.1) is 5.92 Å². The summed E-state index contributed by atoms with van der Waals surface area (Å²) >= 11 is 0. The maximum atomic E-state index is 13.3. The van der Waals surface area contributed by atoms with E-state index in [1.54, 1.807) is 12.1 Å². The van der Waals surface area contributed by atoms with E-state index in [4.69, 9.17) is 0 Å². The van der Waals surface area contributed by atoms with E-state index in [9.17, 15) is 17.6 Å². The van der Waals surface area contributed by atoms with Crippen LogP contribution in [-0.2, 0) is 5.41 Å². The molecule has 100 valence electrons. The highest BCUT2D eigenvalue weighted by molar-refractivity contribution is 5.33. The van der Waals surface area contributed by atoms with Crippen molar-refractivity contribution >= 4 is 0 Å². The van der Waals surface area contributed by atoms with Crippen LogP contribution in [0.1, 0.15) is 44.2 Å². The third-order valence-electron chi connectivity index (χ3n) is 3.56. The Hall–Kier alpha value is -1.06. The van der Waals surface area contributed by atoms with Crippen molar-refractivity contribution in [1.29, 1.82) is 0 Å². The molecule has 1 aliphatic carbocycles. The third-order valence-corrected chi connectivity index (χ3v) is 3.56. The Morgan fingerprint density at radius 1 is 1.00 bits per heavy atom. The molecular weight excluding hydrogens is 244 g/mol. The Labute approximate surface area is 104 Å². The normalized spacial score (nSPS) is 25.6. The van der Waals surface area contributed by atoms with E-state index in [0.29, 0.717) is 5.56 Å². The average molecular weight is 260 g/mol. The van der Waals surface area contributed by atoms with Gasteiger partial charge in [0.2, 0.25) is 0 Å². The first kappa shape index (κ1) is 13.4. The van der Waals surface area contributed by atoms with Gasteiger partial charge in [-0.3, -0.25) is 0 Å². The molecule has 1 aliphatic rings. The molecule has 0 radical (unpaired) electrons. The molecule has 0 heterocycles. The van der Waals surface area contributed by atoms with Crippen LogP contribution < -0.4 is 0 Å². The third kappa shape index (κ3) is 1.91. The fraction of sp³-hybridized carbons (Fsp3) is 0.571. The molecule has 1 aromatic rings. The molecule has 1 aromatic carbocycles. The van der Waals surface area contributed by atoms with E-state index in [1.807, 2.05) is 20.8 Å². The zero-order valence-corrected chi connectivity index (χ0v) is 10.6. The minimum absolute atomic E-state index is 0.0788. The SMILES string of the molecule is CC(C)(C)c1ccc([C@@H]2CC(F)(F)C2(F)F)cc1. The summed E-state index contributed by atoms with van der Waals surface area (Å²) < 4.78 is 52.0. The van der Waals surface area contributed by atoms with Gasteiger partial charge < -0.3 is 0 Å². The van der Waals surface area contributed by atoms with Crippen LogP contribution in [0.2, 0.25) is 0 Å². The number of hydrogen-bond donors (Lipinski definition) is 0. The first-order valence-electron chi connectivity index (χ1n) is 5.92. The fourth-order valence-electron chi connectivity index (χ4n) is 2.19. The van der Waals surface area contributed by atoms with Crippen LogP contribution in [-0.4, -0.2) is 11.8 Å². The van der Waals surface area contributed by atoms with Crippen molar-refractivity contribution in [2.45, 2.75) is 50.4 Å². The highest BCUT2D eigenvalue weighted by atomic mass is 19.3. The topological polar surface area (TPSA) is 0 Å². The van der Waals surface area contributed by atoms with Crippen molar-refractivity contribution in [3.63, 3.8) is 0 Å². The van der Waals surface area contributed by atoms with Crippen molar-refractivity contribution in [2.75, 3.05) is 0 Å². The molecule has 2 rings (SSSR count). The van der Waals surface area contributed by atoms with Gasteiger partial charge in [-0.2, -0.15) is 17.6 Å². The zero-order chi connectivity index (χ0) is 13.8. The molecule has 0 bridgehead atoms. The standard InChI is InChI=1S/C14H16F4/c1-12(2,3)10-6-4-9(5-7-10)11-8-13(15,16)14(11,17)18/h4-7,11H,8H2,1-3H3/t11-/m0/s1. The van der Waals surface area contributed by atoms with Crippen molar-refractivity contribution < 1.29 is 17.6 Å². The number of hydrogen-bond acceptors (Lipinski definition) is 0. The second-order valence-corrected chi connectivity index (χ2v) is 5.96. The average Bonchev–Trinajstić information content (AvgIpc) is 2.25. The van der Waals surface area contributed by atoms with Gasteiger partial charge in [0, 0.05) is 6.42 Å². The van der Waals surface area contributed by atoms with Gasteiger partial charge in [-0.1, -0.05) is 45.0 Å². The Bertz CT molecular complexity index is 440. The number of benzene rings is 1. The smallest absolute Gasteiger partial charge is 0.200 e. The van der Waals surface area contributed by atoms with E-state index in [0.717, 1.165) is 5.56 Å². The predicted molar refractivity (Wildman–Crippen MR) is 62.4 cm³/mol. The number of rotatable bonds is 1. The summed E-state index contributed by atoms with van der Waals surface area (Å²) in [4.78, 5) is 0. The van der Waals surface area contributed by atoms with Gasteiger partial charge in [0.15, 0.2) is 0 Å². The monoisotopic (exact) mass is 260 g/mol. The summed E-state index contributed by atoms with van der Waals surface area (Å²) in [7, 11) is 0. The van der Waals surface area contributed by atoms with Gasteiger partial charge in [0.1, 0.15) is 0 Å². The van der Waals surface area contributed by atoms with Crippen LogP contribution in [0.5, 0.6) is 0 Å². The molecule has 4 heteroatoms. The molecule has 0 spiro atoms. The lowest BCUT2D eigenvalue weighted by Crippen LogP contribution is -2.56. The van der Waals surface area contributed by atoms with Gasteiger partial charge in [-0.15, -0.1) is 0 Å². The second kappa shape index (κ2) is 3.72. The summed E-state index contributed by atoms with van der Waals surface area (Å²) in [5.74, 6) is -9.14. The summed E-state index contributed by atoms with van der Waals surface area (Å²) in [5, 5.41) is 0. The van der Waals surface area contributed by atoms with Gasteiger partial charge in [-0.25, -0.2) is 0 Å². The predicted octanol–water partition coefficient (Wildman–Crippen LogP) is 4.74. The fourth-order valence-corrected chi connectivity index (χ4v) is 2.19. The number of halogens is 4. The first-order chi connectivity index (χ1) is 8.06. The van der Waals surface area contributed by atoms with Crippen LogP contribution in [0.4, 0.5) is 17.6 Å². The summed E-state index contributed by atoms with van der Waals surface area (Å²) in [5.41, 5.74) is 1.21. The molecule has 0 nitrogen and oxygen atoms in total. The minimum Gasteiger partial charge on any atom is -0.200 e. The molecule has 0 N–H and O–H groups in total. The molecule has 0 aliphatic heterocycles. The molecule has 1 fully saturated rings. The summed E-state index contributed by atoms with van der Waals surface area (Å²) in [6.07, 6.45) is -0.769. The minimum atomic E-state index is -3.92. The van der Waals surface area contributed by atoms with Crippen LogP contribution in [0.15, 0.2) is 24.3 Å². The van der Waals surface area contributed by atoms with E-state index in [-0.39, 0.29) is 5.41 Å². The van der Waals surface area contributed by atoms with E-state index in [1.165, 1.54) is 12.1 Å². The lowest BCUT2D eigenvalue weighted by Gasteiger charge is -2.44. The Morgan fingerprint density at radius 3 is 1.83 bits per heavy atom. The van der Waals surface area contributed by atoms with Crippen LogP contribution in [0.3, 0.4) is 0 Å².